The summed E-state index contributed by atoms with van der Waals surface area (Å²) in [6.45, 7) is 1.00. The molecule has 3 heteroatoms. The second-order valence-corrected chi connectivity index (χ2v) is 7.11. The number of hydrogen-bond donors (Lipinski definition) is 2. The van der Waals surface area contributed by atoms with Crippen LogP contribution in [0.25, 0.3) is 10.8 Å². The van der Waals surface area contributed by atoms with Crippen molar-refractivity contribution in [2.45, 2.75) is 18.8 Å². The minimum absolute atomic E-state index is 0.736. The average Bonchev–Trinajstić information content (AvgIpc) is 3.33. The molecule has 1 saturated carbocycles. The molecule has 24 heavy (non-hydrogen) atoms. The van der Waals surface area contributed by atoms with Crippen molar-refractivity contribution in [3.8, 4) is 0 Å². The topological polar surface area (TPSA) is 50.9 Å². The maximum atomic E-state index is 5.89. The Hall–Kier alpha value is -2.55. The lowest BCUT2D eigenvalue weighted by atomic mass is 9.92. The van der Waals surface area contributed by atoms with Gasteiger partial charge in [0.05, 0.1) is 0 Å². The van der Waals surface area contributed by atoms with Gasteiger partial charge in [0.25, 0.3) is 0 Å². The van der Waals surface area contributed by atoms with E-state index in [1.807, 2.05) is 24.4 Å². The Morgan fingerprint density at radius 3 is 3.00 bits per heavy atom. The molecule has 0 radical (unpaired) electrons. The highest BCUT2D eigenvalue weighted by molar-refractivity contribution is 5.93. The molecular weight excluding hydrogens is 294 g/mol. The summed E-state index contributed by atoms with van der Waals surface area (Å²) in [6, 6.07) is 17.0. The lowest BCUT2D eigenvalue weighted by Gasteiger charge is -2.13. The predicted molar refractivity (Wildman–Crippen MR) is 99.1 cm³/mol. The van der Waals surface area contributed by atoms with Gasteiger partial charge in [-0.1, -0.05) is 24.3 Å². The molecule has 3 nitrogen and oxygen atoms in total. The van der Waals surface area contributed by atoms with Crippen LogP contribution in [0.3, 0.4) is 0 Å². The van der Waals surface area contributed by atoms with E-state index in [-0.39, 0.29) is 0 Å². The molecule has 1 aromatic heterocycles. The molecule has 1 fully saturated rings. The molecule has 0 aliphatic heterocycles. The molecule has 1 heterocycles. The fourth-order valence-electron chi connectivity index (χ4n) is 4.54. The van der Waals surface area contributed by atoms with Crippen LogP contribution in [0.5, 0.6) is 0 Å². The normalized spacial score (nSPS) is 24.2. The summed E-state index contributed by atoms with van der Waals surface area (Å²) in [5.41, 5.74) is 9.82. The van der Waals surface area contributed by atoms with Crippen LogP contribution in [0, 0.1) is 11.8 Å². The van der Waals surface area contributed by atoms with E-state index in [9.17, 15) is 0 Å². The fraction of sp³-hybridized carbons (Fsp3) is 0.286. The van der Waals surface area contributed by atoms with Gasteiger partial charge in [-0.3, -0.25) is 0 Å². The van der Waals surface area contributed by atoms with Crippen molar-refractivity contribution in [2.75, 3.05) is 17.6 Å². The summed E-state index contributed by atoms with van der Waals surface area (Å²) in [6.07, 6.45) is 4.42. The van der Waals surface area contributed by atoms with Gasteiger partial charge in [-0.2, -0.15) is 0 Å². The first-order valence-corrected chi connectivity index (χ1v) is 8.77. The molecule has 0 saturated heterocycles. The maximum absolute atomic E-state index is 5.89. The Kier molecular flexibility index (Phi) is 3.02. The van der Waals surface area contributed by atoms with E-state index in [4.69, 9.17) is 5.73 Å². The van der Waals surface area contributed by atoms with Gasteiger partial charge in [0.15, 0.2) is 0 Å². The third kappa shape index (κ3) is 2.15. The molecule has 120 valence electrons. The zero-order chi connectivity index (χ0) is 16.1. The number of rotatable bonds is 3. The number of aromatic nitrogens is 1. The minimum atomic E-state index is 0.736. The second-order valence-electron chi connectivity index (χ2n) is 7.11. The molecule has 3 N–H and O–H groups in total. The largest absolute Gasteiger partial charge is 0.399 e. The fourth-order valence-corrected chi connectivity index (χ4v) is 4.54. The van der Waals surface area contributed by atoms with E-state index in [1.165, 1.54) is 12.8 Å². The van der Waals surface area contributed by atoms with Gasteiger partial charge >= 0.3 is 0 Å². The summed E-state index contributed by atoms with van der Waals surface area (Å²) < 4.78 is 0. The summed E-state index contributed by atoms with van der Waals surface area (Å²) in [7, 11) is 0. The van der Waals surface area contributed by atoms with Crippen LogP contribution >= 0.6 is 0 Å². The Balaban J connectivity index is 1.37. The van der Waals surface area contributed by atoms with Crippen molar-refractivity contribution < 1.29 is 0 Å². The zero-order valence-electron chi connectivity index (χ0n) is 13.6. The number of nitrogen functional groups attached to an aromatic ring is 1. The van der Waals surface area contributed by atoms with Crippen molar-refractivity contribution in [3.63, 3.8) is 0 Å². The van der Waals surface area contributed by atoms with Gasteiger partial charge in [0.1, 0.15) is 5.82 Å². The molecule has 3 atom stereocenters. The summed E-state index contributed by atoms with van der Waals surface area (Å²) in [4.78, 5) is 4.55. The maximum Gasteiger partial charge on any atom is 0.133 e. The Bertz CT molecular complexity index is 918. The standard InChI is InChI=1S/C21H21N3/c22-15-6-8-17-14(11-15)9-10-23-21(17)24-12-19-18-7-5-13-3-1-2-4-16(13)20(18)19/h1-4,6,8-11,18-20H,5,7,12,22H2,(H,23,24). The third-order valence-corrected chi connectivity index (χ3v) is 5.79. The minimum Gasteiger partial charge on any atom is -0.399 e. The van der Waals surface area contributed by atoms with E-state index in [0.717, 1.165) is 46.6 Å². The second kappa shape index (κ2) is 5.23. The van der Waals surface area contributed by atoms with Crippen LogP contribution in [0.15, 0.2) is 54.7 Å². The zero-order valence-corrected chi connectivity index (χ0v) is 13.6. The van der Waals surface area contributed by atoms with Crippen LogP contribution in [0.2, 0.25) is 0 Å². The molecule has 0 spiro atoms. The third-order valence-electron chi connectivity index (χ3n) is 5.79. The molecule has 3 unspecified atom stereocenters. The predicted octanol–water partition coefficient (Wildman–Crippen LogP) is 4.20. The van der Waals surface area contributed by atoms with Gasteiger partial charge in [0.2, 0.25) is 0 Å². The Labute approximate surface area is 141 Å². The first kappa shape index (κ1) is 13.8. The van der Waals surface area contributed by atoms with E-state index >= 15 is 0 Å². The van der Waals surface area contributed by atoms with Crippen molar-refractivity contribution in [1.82, 2.24) is 4.98 Å². The highest BCUT2D eigenvalue weighted by Gasteiger charge is 2.52. The van der Waals surface area contributed by atoms with Gasteiger partial charge in [-0.15, -0.1) is 0 Å². The molecule has 0 amide bonds. The molecule has 2 aliphatic rings. The van der Waals surface area contributed by atoms with Crippen molar-refractivity contribution in [3.05, 3.63) is 65.9 Å². The Morgan fingerprint density at radius 2 is 2.04 bits per heavy atom. The number of nitrogens with one attached hydrogen (secondary N) is 1. The van der Waals surface area contributed by atoms with Crippen molar-refractivity contribution in [1.29, 1.82) is 0 Å². The molecule has 3 aromatic rings. The average molecular weight is 315 g/mol. The highest BCUT2D eigenvalue weighted by Crippen LogP contribution is 2.59. The van der Waals surface area contributed by atoms with Gasteiger partial charge in [0, 0.05) is 23.8 Å². The Morgan fingerprint density at radius 1 is 1.12 bits per heavy atom. The monoisotopic (exact) mass is 315 g/mol. The summed E-state index contributed by atoms with van der Waals surface area (Å²) >= 11 is 0. The lowest BCUT2D eigenvalue weighted by molar-refractivity contribution is 0.639. The van der Waals surface area contributed by atoms with E-state index in [0.29, 0.717) is 0 Å². The number of anilines is 2. The number of aryl methyl sites for hydroxylation is 1. The summed E-state index contributed by atoms with van der Waals surface area (Å²) in [5, 5.41) is 5.90. The molecule has 0 bridgehead atoms. The molecule has 2 aromatic carbocycles. The number of nitrogens with two attached hydrogens (primary N) is 1. The quantitative estimate of drug-likeness (QED) is 0.712. The number of pyridine rings is 1. The van der Waals surface area contributed by atoms with Crippen LogP contribution in [-0.2, 0) is 6.42 Å². The van der Waals surface area contributed by atoms with E-state index in [2.05, 4.69) is 40.6 Å². The van der Waals surface area contributed by atoms with Gasteiger partial charge in [-0.05, 0) is 71.4 Å². The van der Waals surface area contributed by atoms with Crippen molar-refractivity contribution >= 4 is 22.3 Å². The highest BCUT2D eigenvalue weighted by atomic mass is 15.0. The van der Waals surface area contributed by atoms with Crippen LogP contribution in [-0.4, -0.2) is 11.5 Å². The van der Waals surface area contributed by atoms with E-state index in [1.54, 1.807) is 11.1 Å². The van der Waals surface area contributed by atoms with Gasteiger partial charge < -0.3 is 11.1 Å². The first-order valence-electron chi connectivity index (χ1n) is 8.77. The summed E-state index contributed by atoms with van der Waals surface area (Å²) in [5.74, 6) is 3.30. The molecular formula is C21H21N3. The number of fused-ring (bicyclic) bond motifs is 4. The SMILES string of the molecule is Nc1ccc2c(NCC3C4CCc5ccccc5C43)nccc2c1. The van der Waals surface area contributed by atoms with Crippen LogP contribution < -0.4 is 11.1 Å². The molecule has 2 aliphatic carbocycles. The number of nitrogens with zero attached hydrogens (tertiary/aromatic N) is 1. The molecule has 5 rings (SSSR count). The van der Waals surface area contributed by atoms with Gasteiger partial charge in [-0.25, -0.2) is 4.98 Å². The van der Waals surface area contributed by atoms with E-state index < -0.39 is 0 Å². The number of hydrogen-bond acceptors (Lipinski definition) is 3. The lowest BCUT2D eigenvalue weighted by Crippen LogP contribution is -2.07. The number of benzene rings is 2. The van der Waals surface area contributed by atoms with Crippen LogP contribution in [0.1, 0.15) is 23.5 Å². The smallest absolute Gasteiger partial charge is 0.133 e. The first-order chi connectivity index (χ1) is 11.8. The van der Waals surface area contributed by atoms with Crippen LogP contribution in [0.4, 0.5) is 11.5 Å². The van der Waals surface area contributed by atoms with Crippen molar-refractivity contribution in [2.24, 2.45) is 11.8 Å².